The van der Waals surface area contributed by atoms with E-state index in [1.54, 1.807) is 6.07 Å². The summed E-state index contributed by atoms with van der Waals surface area (Å²) in [5, 5.41) is 7.42. The van der Waals surface area contributed by atoms with Gasteiger partial charge in [-0.15, -0.1) is 0 Å². The van der Waals surface area contributed by atoms with Crippen molar-refractivity contribution >= 4 is 5.84 Å². The Balaban J connectivity index is 2.70. The number of hydrogen-bond acceptors (Lipinski definition) is 2. The van der Waals surface area contributed by atoms with Gasteiger partial charge in [-0.1, -0.05) is 19.9 Å². The summed E-state index contributed by atoms with van der Waals surface area (Å²) >= 11 is 0. The summed E-state index contributed by atoms with van der Waals surface area (Å²) in [6.07, 6.45) is 0. The van der Waals surface area contributed by atoms with Crippen LogP contribution in [0.1, 0.15) is 25.0 Å². The lowest BCUT2D eigenvalue weighted by molar-refractivity contribution is 0.262. The Kier molecular flexibility index (Phi) is 5.28. The number of hydrogen-bond donors (Lipinski definition) is 2. The second-order valence-electron chi connectivity index (χ2n) is 4.75. The molecule has 18 heavy (non-hydrogen) atoms. The monoisotopic (exact) mass is 251 g/mol. The number of nitrogens with one attached hydrogen (secondary N) is 1. The molecular formula is C14H22FN3. The van der Waals surface area contributed by atoms with E-state index in [-0.39, 0.29) is 17.6 Å². The molecule has 0 aliphatic carbocycles. The summed E-state index contributed by atoms with van der Waals surface area (Å²) in [7, 11) is 0. The molecule has 100 valence electrons. The van der Waals surface area contributed by atoms with Gasteiger partial charge in [0, 0.05) is 19.0 Å². The number of aryl methyl sites for hydroxylation is 1. The number of rotatable bonds is 6. The van der Waals surface area contributed by atoms with Gasteiger partial charge in [0.2, 0.25) is 0 Å². The van der Waals surface area contributed by atoms with Gasteiger partial charge in [0.05, 0.1) is 5.84 Å². The second-order valence-corrected chi connectivity index (χ2v) is 4.75. The molecule has 0 amide bonds. The number of benzene rings is 1. The molecule has 1 aromatic carbocycles. The average Bonchev–Trinajstić information content (AvgIpc) is 2.31. The Morgan fingerprint density at radius 1 is 1.50 bits per heavy atom. The molecule has 1 aromatic rings. The maximum atomic E-state index is 13.0. The number of amidine groups is 1. The van der Waals surface area contributed by atoms with Crippen molar-refractivity contribution in [3.63, 3.8) is 0 Å². The van der Waals surface area contributed by atoms with Crippen LogP contribution in [0.3, 0.4) is 0 Å². The molecule has 4 heteroatoms. The first-order chi connectivity index (χ1) is 8.43. The molecular weight excluding hydrogens is 229 g/mol. The van der Waals surface area contributed by atoms with Crippen molar-refractivity contribution in [3.05, 3.63) is 35.1 Å². The van der Waals surface area contributed by atoms with Crippen LogP contribution in [0.2, 0.25) is 0 Å². The number of halogens is 1. The summed E-state index contributed by atoms with van der Waals surface area (Å²) in [4.78, 5) is 2.21. The lowest BCUT2D eigenvalue weighted by atomic mass is 10.1. The molecule has 0 radical (unpaired) electrons. The highest BCUT2D eigenvalue weighted by Crippen LogP contribution is 2.13. The van der Waals surface area contributed by atoms with E-state index in [2.05, 4.69) is 11.8 Å². The molecule has 0 fully saturated rings. The molecule has 0 saturated heterocycles. The zero-order chi connectivity index (χ0) is 13.7. The summed E-state index contributed by atoms with van der Waals surface area (Å²) < 4.78 is 13.0. The molecule has 0 aromatic heterocycles. The number of nitrogens with zero attached hydrogens (tertiary/aromatic N) is 1. The van der Waals surface area contributed by atoms with Crippen LogP contribution in [0, 0.1) is 24.1 Å². The van der Waals surface area contributed by atoms with Crippen LogP contribution in [-0.4, -0.2) is 23.8 Å². The maximum Gasteiger partial charge on any atom is 0.123 e. The van der Waals surface area contributed by atoms with E-state index < -0.39 is 0 Å². The molecule has 1 atom stereocenters. The van der Waals surface area contributed by atoms with Gasteiger partial charge in [-0.3, -0.25) is 10.3 Å². The van der Waals surface area contributed by atoms with Gasteiger partial charge >= 0.3 is 0 Å². The van der Waals surface area contributed by atoms with Gasteiger partial charge in [0.25, 0.3) is 0 Å². The third-order valence-corrected chi connectivity index (χ3v) is 3.21. The van der Waals surface area contributed by atoms with Crippen LogP contribution < -0.4 is 5.73 Å². The topological polar surface area (TPSA) is 53.1 Å². The maximum absolute atomic E-state index is 13.0. The fourth-order valence-corrected chi connectivity index (χ4v) is 1.87. The first kappa shape index (κ1) is 14.6. The molecule has 1 unspecified atom stereocenters. The van der Waals surface area contributed by atoms with E-state index in [0.717, 1.165) is 30.8 Å². The molecule has 0 aliphatic rings. The van der Waals surface area contributed by atoms with Crippen LogP contribution in [-0.2, 0) is 6.54 Å². The smallest absolute Gasteiger partial charge is 0.123 e. The first-order valence-electron chi connectivity index (χ1n) is 6.25. The van der Waals surface area contributed by atoms with Gasteiger partial charge in [0.1, 0.15) is 5.82 Å². The van der Waals surface area contributed by atoms with Crippen molar-refractivity contribution in [1.29, 1.82) is 5.41 Å². The molecule has 3 nitrogen and oxygen atoms in total. The predicted octanol–water partition coefficient (Wildman–Crippen LogP) is 2.53. The third-order valence-electron chi connectivity index (χ3n) is 3.21. The Morgan fingerprint density at radius 3 is 2.67 bits per heavy atom. The Labute approximate surface area is 108 Å². The minimum Gasteiger partial charge on any atom is -0.387 e. The lowest BCUT2D eigenvalue weighted by Gasteiger charge is -2.24. The minimum atomic E-state index is -0.198. The standard InChI is InChI=1S/C14H22FN3/c1-4-18(8-11(3)14(16)17)9-12-5-6-13(15)7-10(12)2/h5-7,11H,4,8-9H2,1-3H3,(H3,16,17). The van der Waals surface area contributed by atoms with Crippen LogP contribution in [0.15, 0.2) is 18.2 Å². The van der Waals surface area contributed by atoms with E-state index in [4.69, 9.17) is 11.1 Å². The van der Waals surface area contributed by atoms with E-state index in [1.807, 2.05) is 19.9 Å². The zero-order valence-corrected chi connectivity index (χ0v) is 11.3. The Morgan fingerprint density at radius 2 is 2.17 bits per heavy atom. The highest BCUT2D eigenvalue weighted by atomic mass is 19.1. The second kappa shape index (κ2) is 6.50. The van der Waals surface area contributed by atoms with Gasteiger partial charge < -0.3 is 5.73 Å². The lowest BCUT2D eigenvalue weighted by Crippen LogP contribution is -2.34. The first-order valence-corrected chi connectivity index (χ1v) is 6.25. The summed E-state index contributed by atoms with van der Waals surface area (Å²) in [5.41, 5.74) is 7.57. The van der Waals surface area contributed by atoms with Crippen LogP contribution >= 0.6 is 0 Å². The SMILES string of the molecule is CCN(Cc1ccc(F)cc1C)CC(C)C(=N)N. The summed E-state index contributed by atoms with van der Waals surface area (Å²) in [6, 6.07) is 4.87. The van der Waals surface area contributed by atoms with E-state index >= 15 is 0 Å². The quantitative estimate of drug-likeness (QED) is 0.603. The van der Waals surface area contributed by atoms with E-state index in [1.165, 1.54) is 6.07 Å². The van der Waals surface area contributed by atoms with Crippen LogP contribution in [0.4, 0.5) is 4.39 Å². The van der Waals surface area contributed by atoms with Crippen LogP contribution in [0.25, 0.3) is 0 Å². The van der Waals surface area contributed by atoms with Gasteiger partial charge in [0.15, 0.2) is 0 Å². The van der Waals surface area contributed by atoms with Crippen molar-refractivity contribution in [3.8, 4) is 0 Å². The fourth-order valence-electron chi connectivity index (χ4n) is 1.87. The third kappa shape index (κ3) is 4.11. The van der Waals surface area contributed by atoms with E-state index in [0.29, 0.717) is 0 Å². The molecule has 1 rings (SSSR count). The van der Waals surface area contributed by atoms with Crippen molar-refractivity contribution in [1.82, 2.24) is 4.90 Å². The molecule has 0 heterocycles. The molecule has 0 saturated carbocycles. The summed E-state index contributed by atoms with van der Waals surface area (Å²) in [6.45, 7) is 8.34. The predicted molar refractivity (Wildman–Crippen MR) is 73.2 cm³/mol. The Bertz CT molecular complexity index is 418. The Hall–Kier alpha value is -1.42. The van der Waals surface area contributed by atoms with Gasteiger partial charge in [-0.05, 0) is 36.7 Å². The highest BCUT2D eigenvalue weighted by Gasteiger charge is 2.12. The molecule has 0 aliphatic heterocycles. The molecule has 0 spiro atoms. The molecule has 3 N–H and O–H groups in total. The van der Waals surface area contributed by atoms with Gasteiger partial charge in [-0.25, -0.2) is 4.39 Å². The van der Waals surface area contributed by atoms with Crippen molar-refractivity contribution in [2.75, 3.05) is 13.1 Å². The number of nitrogens with two attached hydrogens (primary N) is 1. The van der Waals surface area contributed by atoms with Crippen molar-refractivity contribution in [2.24, 2.45) is 11.7 Å². The zero-order valence-electron chi connectivity index (χ0n) is 11.3. The summed E-state index contributed by atoms with van der Waals surface area (Å²) in [5.74, 6) is 0.0615. The minimum absolute atomic E-state index is 0.0469. The van der Waals surface area contributed by atoms with Crippen molar-refractivity contribution < 1.29 is 4.39 Å². The van der Waals surface area contributed by atoms with E-state index in [9.17, 15) is 4.39 Å². The van der Waals surface area contributed by atoms with Crippen LogP contribution in [0.5, 0.6) is 0 Å². The van der Waals surface area contributed by atoms with Gasteiger partial charge in [-0.2, -0.15) is 0 Å². The fraction of sp³-hybridized carbons (Fsp3) is 0.500. The normalized spacial score (nSPS) is 12.7. The average molecular weight is 251 g/mol. The van der Waals surface area contributed by atoms with Crippen molar-refractivity contribution in [2.45, 2.75) is 27.3 Å². The highest BCUT2D eigenvalue weighted by molar-refractivity contribution is 5.79. The molecule has 0 bridgehead atoms. The largest absolute Gasteiger partial charge is 0.387 e.